The van der Waals surface area contributed by atoms with Crippen molar-refractivity contribution in [3.63, 3.8) is 0 Å². The molecule has 0 atom stereocenters. The first kappa shape index (κ1) is 24.2. The molecule has 2 aromatic rings. The first-order valence-corrected chi connectivity index (χ1v) is 11.0. The molecule has 1 amide bonds. The molecule has 0 spiro atoms. The number of hydrogen-bond acceptors (Lipinski definition) is 4. The second-order valence-electron chi connectivity index (χ2n) is 7.57. The van der Waals surface area contributed by atoms with Crippen molar-refractivity contribution in [3.05, 3.63) is 48.5 Å². The van der Waals surface area contributed by atoms with Gasteiger partial charge in [0.25, 0.3) is 0 Å². The van der Waals surface area contributed by atoms with Gasteiger partial charge in [-0.3, -0.25) is 4.79 Å². The van der Waals surface area contributed by atoms with Crippen LogP contribution < -0.4 is 27.3 Å². The average Bonchev–Trinajstić information content (AvgIpc) is 2.75. The summed E-state index contributed by atoms with van der Waals surface area (Å²) in [5.74, 6) is 1.41. The number of ether oxygens (including phenoxy) is 1. The fourth-order valence-corrected chi connectivity index (χ4v) is 3.19. The van der Waals surface area contributed by atoms with Gasteiger partial charge in [-0.1, -0.05) is 38.5 Å². The number of hydrogen-bond donors (Lipinski definition) is 4. The summed E-state index contributed by atoms with van der Waals surface area (Å²) in [6.45, 7) is 0.792. The Kier molecular flexibility index (Phi) is 11.0. The Balaban J connectivity index is 1.65. The van der Waals surface area contributed by atoms with Gasteiger partial charge in [-0.25, -0.2) is 4.99 Å². The first-order chi connectivity index (χ1) is 15.1. The molecule has 0 fully saturated rings. The molecule has 0 saturated heterocycles. The standard InChI is InChI=1S/C24H35N5O2/c25-18-8-6-4-2-1-3-5-7-9-23(30)28-19-10-14-21(15-11-19)31-22-16-12-20(13-17-22)29-24(26)27/h10-17H,1-9,18,25H2,(H,28,30)(H4,26,27,29). The third-order valence-electron chi connectivity index (χ3n) is 4.83. The predicted octanol–water partition coefficient (Wildman–Crippen LogP) is 4.79. The molecule has 0 heterocycles. The summed E-state index contributed by atoms with van der Waals surface area (Å²) < 4.78 is 5.80. The minimum atomic E-state index is 0.0142. The zero-order valence-electron chi connectivity index (χ0n) is 18.2. The lowest BCUT2D eigenvalue weighted by atomic mass is 10.1. The number of unbranched alkanes of at least 4 members (excludes halogenated alkanes) is 7. The van der Waals surface area contributed by atoms with E-state index in [0.717, 1.165) is 31.5 Å². The van der Waals surface area contributed by atoms with Gasteiger partial charge in [0.2, 0.25) is 5.91 Å². The summed E-state index contributed by atoms with van der Waals surface area (Å²) in [7, 11) is 0. The lowest BCUT2D eigenvalue weighted by molar-refractivity contribution is -0.116. The maximum atomic E-state index is 12.1. The molecule has 0 radical (unpaired) electrons. The van der Waals surface area contributed by atoms with Crippen molar-refractivity contribution in [1.82, 2.24) is 0 Å². The summed E-state index contributed by atoms with van der Waals surface area (Å²) >= 11 is 0. The maximum absolute atomic E-state index is 12.1. The van der Waals surface area contributed by atoms with Crippen molar-refractivity contribution in [2.75, 3.05) is 11.9 Å². The summed E-state index contributed by atoms with van der Waals surface area (Å²) in [5, 5.41) is 2.94. The molecular formula is C24H35N5O2. The number of guanidine groups is 1. The molecular weight excluding hydrogens is 390 g/mol. The fourth-order valence-electron chi connectivity index (χ4n) is 3.19. The predicted molar refractivity (Wildman–Crippen MR) is 128 cm³/mol. The van der Waals surface area contributed by atoms with E-state index in [4.69, 9.17) is 21.9 Å². The monoisotopic (exact) mass is 425 g/mol. The molecule has 7 nitrogen and oxygen atoms in total. The number of anilines is 1. The van der Waals surface area contributed by atoms with Gasteiger partial charge in [0.05, 0.1) is 5.69 Å². The van der Waals surface area contributed by atoms with Crippen molar-refractivity contribution in [2.45, 2.75) is 57.8 Å². The highest BCUT2D eigenvalue weighted by Crippen LogP contribution is 2.25. The van der Waals surface area contributed by atoms with E-state index in [2.05, 4.69) is 10.3 Å². The molecule has 0 saturated carbocycles. The van der Waals surface area contributed by atoms with Crippen LogP contribution in [0.4, 0.5) is 11.4 Å². The van der Waals surface area contributed by atoms with Crippen molar-refractivity contribution >= 4 is 23.2 Å². The lowest BCUT2D eigenvalue weighted by Gasteiger charge is -2.08. The Labute approximate surface area is 185 Å². The zero-order valence-corrected chi connectivity index (χ0v) is 18.2. The van der Waals surface area contributed by atoms with Gasteiger partial charge in [-0.2, -0.15) is 0 Å². The van der Waals surface area contributed by atoms with Gasteiger partial charge in [-0.05, 0) is 67.9 Å². The molecule has 7 heteroatoms. The van der Waals surface area contributed by atoms with E-state index in [-0.39, 0.29) is 11.9 Å². The molecule has 168 valence electrons. The molecule has 31 heavy (non-hydrogen) atoms. The van der Waals surface area contributed by atoms with Crippen molar-refractivity contribution in [2.24, 2.45) is 22.2 Å². The Bertz CT molecular complexity index is 800. The minimum absolute atomic E-state index is 0.0142. The van der Waals surface area contributed by atoms with E-state index in [1.807, 2.05) is 24.3 Å². The number of nitrogens with zero attached hydrogens (tertiary/aromatic N) is 1. The van der Waals surface area contributed by atoms with E-state index in [9.17, 15) is 4.79 Å². The Morgan fingerprint density at radius 1 is 0.774 bits per heavy atom. The van der Waals surface area contributed by atoms with Gasteiger partial charge in [0.15, 0.2) is 5.96 Å². The van der Waals surface area contributed by atoms with Crippen LogP contribution in [0.2, 0.25) is 0 Å². The highest BCUT2D eigenvalue weighted by atomic mass is 16.5. The summed E-state index contributed by atoms with van der Waals surface area (Å²) in [6, 6.07) is 14.4. The number of carbonyl (C=O) groups excluding carboxylic acids is 1. The topological polar surface area (TPSA) is 129 Å². The van der Waals surface area contributed by atoms with Gasteiger partial charge in [-0.15, -0.1) is 0 Å². The summed E-state index contributed by atoms with van der Waals surface area (Å²) in [4.78, 5) is 16.1. The largest absolute Gasteiger partial charge is 0.457 e. The van der Waals surface area contributed by atoms with Crippen LogP contribution >= 0.6 is 0 Å². The molecule has 2 aromatic carbocycles. The molecule has 0 bridgehead atoms. The molecule has 0 aromatic heterocycles. The summed E-state index contributed by atoms with van der Waals surface area (Å²) in [6.07, 6.45) is 9.88. The van der Waals surface area contributed by atoms with Crippen LogP contribution in [0.25, 0.3) is 0 Å². The number of carbonyl (C=O) groups is 1. The van der Waals surface area contributed by atoms with Crippen molar-refractivity contribution in [3.8, 4) is 11.5 Å². The lowest BCUT2D eigenvalue weighted by Crippen LogP contribution is -2.21. The number of aliphatic imine (C=N–C) groups is 1. The third-order valence-corrected chi connectivity index (χ3v) is 4.83. The van der Waals surface area contributed by atoms with Gasteiger partial charge in [0, 0.05) is 12.1 Å². The van der Waals surface area contributed by atoms with Crippen LogP contribution in [0.5, 0.6) is 11.5 Å². The second kappa shape index (κ2) is 14.0. The molecule has 2 rings (SSSR count). The highest BCUT2D eigenvalue weighted by Gasteiger charge is 2.04. The van der Waals surface area contributed by atoms with E-state index < -0.39 is 0 Å². The van der Waals surface area contributed by atoms with Gasteiger partial charge >= 0.3 is 0 Å². The van der Waals surface area contributed by atoms with E-state index in [1.165, 1.54) is 32.1 Å². The van der Waals surface area contributed by atoms with Gasteiger partial charge < -0.3 is 27.3 Å². The number of nitrogens with two attached hydrogens (primary N) is 3. The number of nitrogens with one attached hydrogen (secondary N) is 1. The zero-order chi connectivity index (χ0) is 22.3. The Hall–Kier alpha value is -3.06. The summed E-state index contributed by atoms with van der Waals surface area (Å²) in [5.41, 5.74) is 17.6. The molecule has 0 unspecified atom stereocenters. The van der Waals surface area contributed by atoms with Crippen LogP contribution in [0.3, 0.4) is 0 Å². The third kappa shape index (κ3) is 10.5. The number of amides is 1. The van der Waals surface area contributed by atoms with Crippen molar-refractivity contribution in [1.29, 1.82) is 0 Å². The molecule has 7 N–H and O–H groups in total. The smallest absolute Gasteiger partial charge is 0.224 e. The maximum Gasteiger partial charge on any atom is 0.224 e. The minimum Gasteiger partial charge on any atom is -0.457 e. The normalized spacial score (nSPS) is 10.5. The first-order valence-electron chi connectivity index (χ1n) is 11.0. The molecule has 0 aliphatic heterocycles. The van der Waals surface area contributed by atoms with Crippen LogP contribution in [-0.4, -0.2) is 18.4 Å². The number of benzene rings is 2. The Morgan fingerprint density at radius 2 is 1.29 bits per heavy atom. The van der Waals surface area contributed by atoms with Crippen LogP contribution in [0.15, 0.2) is 53.5 Å². The fraction of sp³-hybridized carbons (Fsp3) is 0.417. The average molecular weight is 426 g/mol. The molecule has 0 aliphatic carbocycles. The second-order valence-corrected chi connectivity index (χ2v) is 7.57. The van der Waals surface area contributed by atoms with E-state index in [0.29, 0.717) is 23.6 Å². The quantitative estimate of drug-likeness (QED) is 0.196. The Morgan fingerprint density at radius 3 is 1.84 bits per heavy atom. The van der Waals surface area contributed by atoms with Crippen LogP contribution in [-0.2, 0) is 4.79 Å². The highest BCUT2D eigenvalue weighted by molar-refractivity contribution is 5.90. The van der Waals surface area contributed by atoms with Gasteiger partial charge in [0.1, 0.15) is 11.5 Å². The van der Waals surface area contributed by atoms with Crippen molar-refractivity contribution < 1.29 is 9.53 Å². The van der Waals surface area contributed by atoms with E-state index >= 15 is 0 Å². The molecule has 0 aliphatic rings. The van der Waals surface area contributed by atoms with Crippen LogP contribution in [0, 0.1) is 0 Å². The van der Waals surface area contributed by atoms with E-state index in [1.54, 1.807) is 24.3 Å². The number of rotatable bonds is 14. The van der Waals surface area contributed by atoms with Crippen LogP contribution in [0.1, 0.15) is 57.8 Å². The SMILES string of the molecule is NCCCCCCCCCCC(=O)Nc1ccc(Oc2ccc(N=C(N)N)cc2)cc1.